The fraction of sp³-hybridized carbons (Fsp3) is 0.647. The summed E-state index contributed by atoms with van der Waals surface area (Å²) in [6.45, 7) is 10.3. The van der Waals surface area contributed by atoms with Gasteiger partial charge in [-0.15, -0.1) is 0 Å². The van der Waals surface area contributed by atoms with Gasteiger partial charge in [-0.05, 0) is 24.6 Å². The van der Waals surface area contributed by atoms with Gasteiger partial charge in [0.25, 0.3) is 0 Å². The third-order valence-electron chi connectivity index (χ3n) is 4.61. The van der Waals surface area contributed by atoms with Crippen molar-refractivity contribution >= 4 is 11.6 Å². The van der Waals surface area contributed by atoms with E-state index in [1.54, 1.807) is 0 Å². The van der Waals surface area contributed by atoms with Gasteiger partial charge in [-0.2, -0.15) is 0 Å². The summed E-state index contributed by atoms with van der Waals surface area (Å²) in [5.74, 6) is 0. The fourth-order valence-corrected chi connectivity index (χ4v) is 3.62. The molecular formula is C17H26ClN3O. The van der Waals surface area contributed by atoms with Gasteiger partial charge in [0.1, 0.15) is 0 Å². The van der Waals surface area contributed by atoms with Crippen LogP contribution in [0.25, 0.3) is 0 Å². The molecule has 5 heteroatoms. The molecule has 2 unspecified atom stereocenters. The number of nitrogens with one attached hydrogen (secondary N) is 1. The van der Waals surface area contributed by atoms with Gasteiger partial charge >= 0.3 is 0 Å². The molecule has 22 heavy (non-hydrogen) atoms. The average molecular weight is 324 g/mol. The third kappa shape index (κ3) is 4.21. The summed E-state index contributed by atoms with van der Waals surface area (Å²) in [7, 11) is 0. The lowest BCUT2D eigenvalue weighted by Crippen LogP contribution is -2.52. The van der Waals surface area contributed by atoms with Crippen LogP contribution in [-0.2, 0) is 4.74 Å². The van der Waals surface area contributed by atoms with Crippen molar-refractivity contribution in [3.63, 3.8) is 0 Å². The van der Waals surface area contributed by atoms with Crippen LogP contribution in [-0.4, -0.2) is 68.3 Å². The van der Waals surface area contributed by atoms with E-state index in [0.717, 1.165) is 57.5 Å². The summed E-state index contributed by atoms with van der Waals surface area (Å²) in [4.78, 5) is 5.12. The van der Waals surface area contributed by atoms with Crippen LogP contribution < -0.4 is 5.32 Å². The van der Waals surface area contributed by atoms with Crippen LogP contribution in [0.15, 0.2) is 24.3 Å². The zero-order valence-corrected chi connectivity index (χ0v) is 14.1. The number of ether oxygens (including phenoxy) is 1. The smallest absolute Gasteiger partial charge is 0.0594 e. The Morgan fingerprint density at radius 2 is 2.14 bits per heavy atom. The zero-order chi connectivity index (χ0) is 15.4. The second kappa shape index (κ2) is 7.75. The highest BCUT2D eigenvalue weighted by atomic mass is 35.5. The van der Waals surface area contributed by atoms with E-state index in [1.165, 1.54) is 5.56 Å². The van der Waals surface area contributed by atoms with Crippen LogP contribution in [0.1, 0.15) is 18.5 Å². The Labute approximate surface area is 138 Å². The van der Waals surface area contributed by atoms with Crippen molar-refractivity contribution in [2.24, 2.45) is 0 Å². The predicted octanol–water partition coefficient (Wildman–Crippen LogP) is 2.01. The number of morpholine rings is 1. The molecule has 0 saturated carbocycles. The molecule has 3 rings (SSSR count). The first-order valence-corrected chi connectivity index (χ1v) is 8.63. The van der Waals surface area contributed by atoms with E-state index in [-0.39, 0.29) is 0 Å². The minimum atomic E-state index is 0.404. The number of benzene rings is 1. The van der Waals surface area contributed by atoms with Crippen LogP contribution in [0, 0.1) is 0 Å². The zero-order valence-electron chi connectivity index (χ0n) is 13.3. The number of halogens is 1. The number of rotatable bonds is 4. The monoisotopic (exact) mass is 323 g/mol. The topological polar surface area (TPSA) is 27.7 Å². The lowest BCUT2D eigenvalue weighted by Gasteiger charge is -2.41. The molecular weight excluding hydrogens is 298 g/mol. The van der Waals surface area contributed by atoms with Gasteiger partial charge in [0, 0.05) is 56.4 Å². The maximum Gasteiger partial charge on any atom is 0.0594 e. The Balaban J connectivity index is 1.77. The van der Waals surface area contributed by atoms with Crippen molar-refractivity contribution in [3.8, 4) is 0 Å². The van der Waals surface area contributed by atoms with Crippen LogP contribution in [0.4, 0.5) is 0 Å². The molecule has 0 aliphatic carbocycles. The average Bonchev–Trinajstić information content (AvgIpc) is 2.53. The van der Waals surface area contributed by atoms with Crippen molar-refractivity contribution in [2.75, 3.05) is 52.5 Å². The van der Waals surface area contributed by atoms with Crippen LogP contribution in [0.5, 0.6) is 0 Å². The Bertz CT molecular complexity index is 479. The van der Waals surface area contributed by atoms with E-state index < -0.39 is 0 Å². The molecule has 0 spiro atoms. The first kappa shape index (κ1) is 16.2. The van der Waals surface area contributed by atoms with E-state index in [2.05, 4.69) is 40.2 Å². The van der Waals surface area contributed by atoms with E-state index >= 15 is 0 Å². The highest BCUT2D eigenvalue weighted by molar-refractivity contribution is 6.30. The largest absolute Gasteiger partial charge is 0.379 e. The summed E-state index contributed by atoms with van der Waals surface area (Å²) in [5, 5.41) is 4.36. The molecule has 4 nitrogen and oxygen atoms in total. The molecule has 0 amide bonds. The van der Waals surface area contributed by atoms with Gasteiger partial charge in [0.15, 0.2) is 0 Å². The van der Waals surface area contributed by atoms with Crippen LogP contribution in [0.3, 0.4) is 0 Å². The van der Waals surface area contributed by atoms with Crippen LogP contribution in [0.2, 0.25) is 5.02 Å². The number of hydrogen-bond donors (Lipinski definition) is 1. The van der Waals surface area contributed by atoms with Crippen molar-refractivity contribution in [1.29, 1.82) is 0 Å². The van der Waals surface area contributed by atoms with Gasteiger partial charge in [-0.25, -0.2) is 0 Å². The van der Waals surface area contributed by atoms with Gasteiger partial charge < -0.3 is 10.1 Å². The Kier molecular flexibility index (Phi) is 5.71. The first-order valence-electron chi connectivity index (χ1n) is 8.25. The molecule has 0 radical (unpaired) electrons. The summed E-state index contributed by atoms with van der Waals surface area (Å²) in [6, 6.07) is 9.30. The molecule has 2 fully saturated rings. The van der Waals surface area contributed by atoms with Gasteiger partial charge in [0.05, 0.1) is 13.2 Å². The minimum Gasteiger partial charge on any atom is -0.379 e. The third-order valence-corrected chi connectivity index (χ3v) is 4.84. The lowest BCUT2D eigenvalue weighted by molar-refractivity contribution is 0.0187. The van der Waals surface area contributed by atoms with Crippen molar-refractivity contribution in [2.45, 2.75) is 19.0 Å². The van der Waals surface area contributed by atoms with Crippen molar-refractivity contribution < 1.29 is 4.74 Å². The predicted molar refractivity (Wildman–Crippen MR) is 90.5 cm³/mol. The second-order valence-electron chi connectivity index (χ2n) is 6.33. The second-order valence-corrected chi connectivity index (χ2v) is 6.77. The van der Waals surface area contributed by atoms with Crippen LogP contribution >= 0.6 is 11.6 Å². The normalized spacial score (nSPS) is 26.0. The maximum atomic E-state index is 6.23. The molecule has 0 aromatic heterocycles. The molecule has 1 N–H and O–H groups in total. The molecule has 2 saturated heterocycles. The van der Waals surface area contributed by atoms with Gasteiger partial charge in [-0.3, -0.25) is 9.80 Å². The molecule has 1 aromatic carbocycles. The van der Waals surface area contributed by atoms with Gasteiger partial charge in [-0.1, -0.05) is 23.7 Å². The Morgan fingerprint density at radius 3 is 2.86 bits per heavy atom. The highest BCUT2D eigenvalue weighted by Gasteiger charge is 2.27. The Morgan fingerprint density at radius 1 is 1.32 bits per heavy atom. The number of hydrogen-bond acceptors (Lipinski definition) is 4. The standard InChI is InChI=1S/C17H26ClN3O/c1-14-12-21(6-5-19-14)17(13-20-7-9-22-10-8-20)15-3-2-4-16(18)11-15/h2-4,11,14,17,19H,5-10,12-13H2,1H3. The van der Waals surface area contributed by atoms with Crippen molar-refractivity contribution in [1.82, 2.24) is 15.1 Å². The van der Waals surface area contributed by atoms with E-state index in [1.807, 2.05) is 6.07 Å². The summed E-state index contributed by atoms with van der Waals surface area (Å²) in [6.07, 6.45) is 0. The Hall–Kier alpha value is -0.650. The summed E-state index contributed by atoms with van der Waals surface area (Å²) >= 11 is 6.23. The quantitative estimate of drug-likeness (QED) is 0.917. The number of piperazine rings is 1. The molecule has 2 aliphatic rings. The van der Waals surface area contributed by atoms with Crippen molar-refractivity contribution in [3.05, 3.63) is 34.9 Å². The lowest BCUT2D eigenvalue weighted by atomic mass is 10.0. The molecule has 2 aliphatic heterocycles. The number of nitrogens with zero attached hydrogens (tertiary/aromatic N) is 2. The SMILES string of the molecule is CC1CN(C(CN2CCOCC2)c2cccc(Cl)c2)CCN1. The first-order chi connectivity index (χ1) is 10.7. The van der Waals surface area contributed by atoms with E-state index in [0.29, 0.717) is 12.1 Å². The molecule has 2 atom stereocenters. The van der Waals surface area contributed by atoms with E-state index in [4.69, 9.17) is 16.3 Å². The highest BCUT2D eigenvalue weighted by Crippen LogP contribution is 2.26. The summed E-state index contributed by atoms with van der Waals surface area (Å²) in [5.41, 5.74) is 1.33. The molecule has 2 heterocycles. The molecule has 0 bridgehead atoms. The summed E-state index contributed by atoms with van der Waals surface area (Å²) < 4.78 is 5.48. The molecule has 122 valence electrons. The van der Waals surface area contributed by atoms with E-state index in [9.17, 15) is 0 Å². The minimum absolute atomic E-state index is 0.404. The van der Waals surface area contributed by atoms with Gasteiger partial charge in [0.2, 0.25) is 0 Å². The maximum absolute atomic E-state index is 6.23. The fourth-order valence-electron chi connectivity index (χ4n) is 3.42. The molecule has 1 aromatic rings.